The topological polar surface area (TPSA) is 216 Å². The maximum atomic E-state index is 13.5. The van der Waals surface area contributed by atoms with Gasteiger partial charge in [-0.3, -0.25) is 14.7 Å². The van der Waals surface area contributed by atoms with E-state index in [2.05, 4.69) is 11.2 Å². The predicted molar refractivity (Wildman–Crippen MR) is 204 cm³/mol. The van der Waals surface area contributed by atoms with Crippen molar-refractivity contribution in [3.8, 4) is 17.2 Å². The molecular formula is C42H47N2O12+. The summed E-state index contributed by atoms with van der Waals surface area (Å²) in [7, 11) is 0. The fourth-order valence-corrected chi connectivity index (χ4v) is 8.87. The molecule has 4 aromatic rings. The van der Waals surface area contributed by atoms with Crippen molar-refractivity contribution in [3.05, 3.63) is 93.6 Å². The summed E-state index contributed by atoms with van der Waals surface area (Å²) in [6.07, 6.45) is 2.69. The van der Waals surface area contributed by atoms with Gasteiger partial charge in [0, 0.05) is 42.0 Å². The fraction of sp³-hybridized carbons (Fsp3) is 0.429. The Morgan fingerprint density at radius 1 is 1.05 bits per heavy atom. The van der Waals surface area contributed by atoms with Crippen LogP contribution in [0.1, 0.15) is 49.5 Å². The smallest absolute Gasteiger partial charge is 0.222 e. The maximum absolute atomic E-state index is 13.5. The van der Waals surface area contributed by atoms with Crippen LogP contribution >= 0.6 is 0 Å². The summed E-state index contributed by atoms with van der Waals surface area (Å²) >= 11 is 0. The van der Waals surface area contributed by atoms with Gasteiger partial charge < -0.3 is 44.9 Å². The number of allylic oxidation sites excluding steroid dienone is 1. The number of aryl methyl sites for hydroxylation is 1. The van der Waals surface area contributed by atoms with Gasteiger partial charge in [0.2, 0.25) is 11.3 Å². The van der Waals surface area contributed by atoms with Gasteiger partial charge in [0.25, 0.3) is 0 Å². The number of aliphatic hydroxyl groups is 5. The minimum atomic E-state index is -2.34. The van der Waals surface area contributed by atoms with Crippen LogP contribution in [0.3, 0.4) is 0 Å². The number of nitrogens with zero attached hydrogens (tertiary/aromatic N) is 1. The molecule has 1 unspecified atom stereocenters. The highest BCUT2D eigenvalue weighted by Gasteiger charge is 2.52. The van der Waals surface area contributed by atoms with E-state index in [1.807, 2.05) is 13.0 Å². The number of aliphatic hydroxyl groups excluding tert-OH is 4. The van der Waals surface area contributed by atoms with E-state index < -0.39 is 55.3 Å². The third-order valence-corrected chi connectivity index (χ3v) is 12.0. The van der Waals surface area contributed by atoms with Crippen molar-refractivity contribution >= 4 is 33.1 Å². The van der Waals surface area contributed by atoms with Gasteiger partial charge in [-0.25, -0.2) is 9.78 Å². The first-order valence-electron chi connectivity index (χ1n) is 19.0. The number of quaternary nitrogens is 1. The van der Waals surface area contributed by atoms with Crippen LogP contribution in [0.15, 0.2) is 80.7 Å². The molecule has 1 fully saturated rings. The van der Waals surface area contributed by atoms with E-state index >= 15 is 0 Å². The second-order valence-electron chi connectivity index (χ2n) is 15.8. The average Bonchev–Trinajstić information content (AvgIpc) is 3.95. The SMILES string of the molecule is Cc1cc(=O)c2cc3c(c([NH+]4C=C5C=CN=C5C4)c2o1)O[C@](C)(C1CCCC1)[C@H](OOC[C@@](O)(Cc1ccc(O)c2ccc(O)cc12)[C@@H](O)[C@H](O)[C@H](O)CO)C3. The number of hydrogen-bond donors (Lipinski definition) is 8. The molecule has 0 amide bonds. The molecule has 296 valence electrons. The number of benzene rings is 3. The van der Waals surface area contributed by atoms with Crippen molar-refractivity contribution in [1.82, 2.24) is 0 Å². The Bertz CT molecular complexity index is 2330. The van der Waals surface area contributed by atoms with E-state index in [-0.39, 0.29) is 29.3 Å². The van der Waals surface area contributed by atoms with Crippen molar-refractivity contribution in [2.24, 2.45) is 10.9 Å². The number of ether oxygens (including phenoxy) is 1. The van der Waals surface area contributed by atoms with Crippen molar-refractivity contribution < 1.29 is 59.6 Å². The number of aromatic hydroxyl groups is 2. The number of nitrogens with one attached hydrogen (secondary N) is 1. The summed E-state index contributed by atoms with van der Waals surface area (Å²) in [5.41, 5.74) is 0.601. The van der Waals surface area contributed by atoms with Gasteiger partial charge in [-0.1, -0.05) is 18.9 Å². The van der Waals surface area contributed by atoms with Crippen molar-refractivity contribution in [3.63, 3.8) is 0 Å². The zero-order valence-electron chi connectivity index (χ0n) is 31.1. The van der Waals surface area contributed by atoms with Crippen LogP contribution in [0.2, 0.25) is 0 Å². The van der Waals surface area contributed by atoms with Gasteiger partial charge in [-0.15, -0.1) is 0 Å². The average molecular weight is 772 g/mol. The Hall–Kier alpha value is -4.64. The van der Waals surface area contributed by atoms with Crippen molar-refractivity contribution in [1.29, 1.82) is 0 Å². The Morgan fingerprint density at radius 3 is 2.59 bits per heavy atom. The summed E-state index contributed by atoms with van der Waals surface area (Å²) in [6, 6.07) is 10.4. The largest absolute Gasteiger partial charge is 0.508 e. The minimum absolute atomic E-state index is 0.0398. The molecule has 0 radical (unpaired) electrons. The van der Waals surface area contributed by atoms with Crippen LogP contribution in [0, 0.1) is 12.8 Å². The quantitative estimate of drug-likeness (QED) is 0.0770. The van der Waals surface area contributed by atoms with Crippen LogP contribution < -0.4 is 15.1 Å². The minimum Gasteiger partial charge on any atom is -0.508 e. The molecule has 1 aliphatic carbocycles. The lowest BCUT2D eigenvalue weighted by molar-refractivity contribution is -0.759. The lowest BCUT2D eigenvalue weighted by Crippen LogP contribution is -3.01. The molecule has 0 saturated heterocycles. The highest BCUT2D eigenvalue weighted by Crippen LogP contribution is 2.49. The number of fused-ring (bicyclic) bond motifs is 4. The number of hydrogen-bond acceptors (Lipinski definition) is 13. The summed E-state index contributed by atoms with van der Waals surface area (Å²) in [5, 5.41) is 76.0. The lowest BCUT2D eigenvalue weighted by atomic mass is 9.78. The second kappa shape index (κ2) is 14.7. The summed E-state index contributed by atoms with van der Waals surface area (Å²) in [4.78, 5) is 31.0. The summed E-state index contributed by atoms with van der Waals surface area (Å²) < 4.78 is 13.4. The van der Waals surface area contributed by atoms with Gasteiger partial charge in [-0.2, -0.15) is 0 Å². The van der Waals surface area contributed by atoms with Crippen LogP contribution in [-0.4, -0.2) is 96.8 Å². The van der Waals surface area contributed by atoms with E-state index in [1.165, 1.54) is 36.4 Å². The van der Waals surface area contributed by atoms with Crippen LogP contribution in [-0.2, 0) is 22.6 Å². The molecule has 14 nitrogen and oxygen atoms in total. The Morgan fingerprint density at radius 2 is 1.84 bits per heavy atom. The molecular weight excluding hydrogens is 724 g/mol. The number of aliphatic imine (C=N–C) groups is 1. The predicted octanol–water partition coefficient (Wildman–Crippen LogP) is 2.30. The third-order valence-electron chi connectivity index (χ3n) is 12.0. The molecule has 8 rings (SSSR count). The van der Waals surface area contributed by atoms with E-state index in [0.29, 0.717) is 56.6 Å². The van der Waals surface area contributed by atoms with E-state index in [1.54, 1.807) is 19.2 Å². The molecule has 7 atom stereocenters. The van der Waals surface area contributed by atoms with Crippen LogP contribution in [0.5, 0.6) is 17.2 Å². The first-order chi connectivity index (χ1) is 26.8. The molecule has 56 heavy (non-hydrogen) atoms. The van der Waals surface area contributed by atoms with Crippen LogP contribution in [0.25, 0.3) is 21.7 Å². The maximum Gasteiger partial charge on any atom is 0.222 e. The molecule has 4 aliphatic rings. The van der Waals surface area contributed by atoms with Gasteiger partial charge in [0.05, 0.1) is 17.6 Å². The zero-order valence-corrected chi connectivity index (χ0v) is 31.1. The number of phenolic OH excluding ortho intramolecular Hbond substituents is 2. The van der Waals surface area contributed by atoms with E-state index in [4.69, 9.17) is 18.9 Å². The normalized spacial score (nSPS) is 24.7. The highest BCUT2D eigenvalue weighted by molar-refractivity contribution is 6.07. The second-order valence-corrected chi connectivity index (χ2v) is 15.8. The molecule has 0 bridgehead atoms. The monoisotopic (exact) mass is 771 g/mol. The highest BCUT2D eigenvalue weighted by atomic mass is 17.2. The lowest BCUT2D eigenvalue weighted by Gasteiger charge is -2.45. The Labute approximate surface area is 321 Å². The summed E-state index contributed by atoms with van der Waals surface area (Å²) in [6.45, 7) is 2.63. The van der Waals surface area contributed by atoms with E-state index in [0.717, 1.165) is 41.9 Å². The molecule has 3 aromatic carbocycles. The fourth-order valence-electron chi connectivity index (χ4n) is 8.87. The van der Waals surface area contributed by atoms with Gasteiger partial charge in [0.15, 0.2) is 11.2 Å². The molecule has 8 N–H and O–H groups in total. The number of phenols is 2. The molecule has 0 spiro atoms. The first-order valence-corrected chi connectivity index (χ1v) is 19.0. The van der Waals surface area contributed by atoms with Gasteiger partial charge in [0.1, 0.15) is 77.9 Å². The molecule has 1 aromatic heterocycles. The Balaban J connectivity index is 1.15. The molecule has 4 heterocycles. The van der Waals surface area contributed by atoms with Crippen molar-refractivity contribution in [2.45, 2.75) is 88.0 Å². The molecule has 14 heteroatoms. The standard InChI is InChI=1S/C42H46N2O12/c1-22-13-33(48)30-14-25-15-35(41(2,26-5-3-4-6-26)55-38(25)36(39(30)54-22)44-18-24-11-12-43-31(24)19-44)56-53-21-42(52,40(51)37(50)34(49)20-45)17-23-7-10-32(47)28-9-8-27(46)16-29(23)28/h7-14,16,18,26,34-35,37,40,45-47,49-52H,3-6,15,17,19-21H2,1-2H3/p+1/t34-,35-,37-,40+,41-,42+/m1/s1. The number of rotatable bonds is 12. The van der Waals surface area contributed by atoms with Crippen LogP contribution in [0.4, 0.5) is 5.69 Å². The third kappa shape index (κ3) is 6.69. The van der Waals surface area contributed by atoms with Gasteiger partial charge >= 0.3 is 0 Å². The molecule has 3 aliphatic heterocycles. The van der Waals surface area contributed by atoms with E-state index in [9.17, 15) is 40.5 Å². The zero-order chi connectivity index (χ0) is 39.5. The summed E-state index contributed by atoms with van der Waals surface area (Å²) in [5.74, 6) is 0.921. The first kappa shape index (κ1) is 38.2. The van der Waals surface area contributed by atoms with Gasteiger partial charge in [-0.05, 0) is 74.0 Å². The Kier molecular flexibility index (Phi) is 10.0. The van der Waals surface area contributed by atoms with Crippen molar-refractivity contribution in [2.75, 3.05) is 19.8 Å². The molecule has 1 saturated carbocycles.